The van der Waals surface area contributed by atoms with Crippen molar-refractivity contribution in [1.29, 1.82) is 0 Å². The molecule has 2 aromatic carbocycles. The monoisotopic (exact) mass is 592 g/mol. The number of nitrogens with zero attached hydrogens (tertiary/aromatic N) is 3. The molecule has 2 atom stereocenters. The fraction of sp³-hybridized carbons (Fsp3) is 0.294. The Kier molecular flexibility index (Phi) is 6.45. The molecule has 0 aliphatic carbocycles. The number of aliphatic hydroxyl groups is 1. The maximum atomic E-state index is 13.6. The molecule has 0 bridgehead atoms. The number of benzene rings is 2. The van der Waals surface area contributed by atoms with Gasteiger partial charge in [-0.1, -0.05) is 32.0 Å². The highest BCUT2D eigenvalue weighted by Gasteiger charge is 2.45. The first-order chi connectivity index (χ1) is 21.1. The summed E-state index contributed by atoms with van der Waals surface area (Å²) >= 11 is 0. The number of pyridine rings is 2. The number of ether oxygens (including phenoxy) is 2. The molecular formula is C34H32N4O6. The SMILES string of the molecule is CCc1c2c(nc3ccc(OC(=O)[C@H](N)Cc4cn(C)c5ccccc45)cc13)-c1cc3c(c(=O)n1C2)COC(=O)[C@]3(O)CC. The number of hydrogen-bond acceptors (Lipinski definition) is 8. The quantitative estimate of drug-likeness (QED) is 0.221. The molecule has 2 aliphatic rings. The van der Waals surface area contributed by atoms with Crippen LogP contribution in [0.3, 0.4) is 0 Å². The van der Waals surface area contributed by atoms with Gasteiger partial charge in [-0.2, -0.15) is 0 Å². The Morgan fingerprint density at radius 2 is 1.93 bits per heavy atom. The molecular weight excluding hydrogens is 560 g/mol. The largest absolute Gasteiger partial charge is 0.458 e. The average molecular weight is 593 g/mol. The van der Waals surface area contributed by atoms with E-state index in [1.165, 1.54) is 0 Å². The minimum Gasteiger partial charge on any atom is -0.458 e. The molecule has 0 saturated carbocycles. The highest BCUT2D eigenvalue weighted by molar-refractivity contribution is 5.91. The molecule has 10 nitrogen and oxygen atoms in total. The van der Waals surface area contributed by atoms with Crippen molar-refractivity contribution in [2.75, 3.05) is 0 Å². The predicted octanol–water partition coefficient (Wildman–Crippen LogP) is 3.61. The Morgan fingerprint density at radius 1 is 1.14 bits per heavy atom. The molecule has 2 aliphatic heterocycles. The van der Waals surface area contributed by atoms with Gasteiger partial charge in [-0.3, -0.25) is 4.79 Å². The zero-order valence-corrected chi connectivity index (χ0v) is 24.7. The number of carbonyl (C=O) groups is 2. The first kappa shape index (κ1) is 28.0. The van der Waals surface area contributed by atoms with Gasteiger partial charge in [0.05, 0.1) is 29.0 Å². The Balaban J connectivity index is 1.22. The number of cyclic esters (lactones) is 1. The molecule has 3 N–H and O–H groups in total. The van der Waals surface area contributed by atoms with Gasteiger partial charge in [-0.15, -0.1) is 0 Å². The Hall–Kier alpha value is -4.80. The van der Waals surface area contributed by atoms with Crippen LogP contribution in [0.15, 0.2) is 59.5 Å². The van der Waals surface area contributed by atoms with E-state index in [0.717, 1.165) is 33.0 Å². The second-order valence-electron chi connectivity index (χ2n) is 11.6. The van der Waals surface area contributed by atoms with Crippen LogP contribution >= 0.6 is 0 Å². The second-order valence-corrected chi connectivity index (χ2v) is 11.6. The normalized spacial score (nSPS) is 17.7. The van der Waals surface area contributed by atoms with E-state index in [2.05, 4.69) is 0 Å². The van der Waals surface area contributed by atoms with Crippen LogP contribution in [-0.4, -0.2) is 37.2 Å². The topological polar surface area (TPSA) is 139 Å². The number of nitrogens with two attached hydrogens (primary N) is 1. The van der Waals surface area contributed by atoms with Crippen LogP contribution < -0.4 is 16.0 Å². The van der Waals surface area contributed by atoms with Crippen molar-refractivity contribution in [2.45, 2.75) is 57.9 Å². The molecule has 0 saturated heterocycles. The number of carbonyl (C=O) groups excluding carboxylic acids is 2. The number of rotatable bonds is 6. The fourth-order valence-electron chi connectivity index (χ4n) is 6.71. The van der Waals surface area contributed by atoms with Crippen molar-refractivity contribution in [1.82, 2.24) is 14.1 Å². The van der Waals surface area contributed by atoms with Gasteiger partial charge < -0.3 is 29.4 Å². The Labute approximate surface area is 252 Å². The van der Waals surface area contributed by atoms with E-state index in [0.29, 0.717) is 42.0 Å². The summed E-state index contributed by atoms with van der Waals surface area (Å²) in [5.74, 6) is -0.928. The van der Waals surface area contributed by atoms with E-state index in [4.69, 9.17) is 20.2 Å². The molecule has 10 heteroatoms. The highest BCUT2D eigenvalue weighted by Crippen LogP contribution is 2.40. The van der Waals surface area contributed by atoms with Crippen molar-refractivity contribution in [2.24, 2.45) is 12.8 Å². The van der Waals surface area contributed by atoms with Crippen LogP contribution in [-0.2, 0) is 53.0 Å². The van der Waals surface area contributed by atoms with E-state index in [-0.39, 0.29) is 29.7 Å². The molecule has 7 rings (SSSR count). The average Bonchev–Trinajstić information content (AvgIpc) is 3.55. The minimum absolute atomic E-state index is 0.0764. The standard InChI is InChI=1S/C34H32N4O6/c1-4-20-22-13-19(44-32(40)26(35)12-18-15-37(3)28-9-7-6-8-21(18)28)10-11-27(22)36-30-23(20)16-38-29(30)14-25-24(31(38)39)17-43-33(41)34(25,42)5-2/h6-11,13-15,26,42H,4-5,12,16-17,35H2,1-3H3/t26-,34+/m1/s1. The zero-order chi connectivity index (χ0) is 30.9. The van der Waals surface area contributed by atoms with Crippen LogP contribution in [0, 0.1) is 0 Å². The smallest absolute Gasteiger partial charge is 0.343 e. The molecule has 3 aromatic heterocycles. The van der Waals surface area contributed by atoms with Gasteiger partial charge in [0, 0.05) is 47.1 Å². The summed E-state index contributed by atoms with van der Waals surface area (Å²) in [5, 5.41) is 13.0. The van der Waals surface area contributed by atoms with Crippen molar-refractivity contribution in [3.8, 4) is 17.1 Å². The van der Waals surface area contributed by atoms with E-state index >= 15 is 0 Å². The third-order valence-corrected chi connectivity index (χ3v) is 9.07. The second kappa shape index (κ2) is 10.1. The molecule has 0 fully saturated rings. The lowest BCUT2D eigenvalue weighted by atomic mass is 9.86. The number of aryl methyl sites for hydroxylation is 2. The van der Waals surface area contributed by atoms with E-state index < -0.39 is 23.6 Å². The lowest BCUT2D eigenvalue weighted by Crippen LogP contribution is -2.44. The zero-order valence-electron chi connectivity index (χ0n) is 24.7. The molecule has 5 heterocycles. The number of fused-ring (bicyclic) bond motifs is 6. The number of hydrogen-bond donors (Lipinski definition) is 2. The van der Waals surface area contributed by atoms with Crippen LogP contribution in [0.4, 0.5) is 0 Å². The Bertz CT molecular complexity index is 2090. The number of aromatic nitrogens is 3. The molecule has 0 amide bonds. The molecule has 0 radical (unpaired) electrons. The first-order valence-corrected chi connectivity index (χ1v) is 14.8. The van der Waals surface area contributed by atoms with Crippen molar-refractivity contribution >= 4 is 33.7 Å². The van der Waals surface area contributed by atoms with Crippen LogP contribution in [0.2, 0.25) is 0 Å². The maximum absolute atomic E-state index is 13.6. The number of para-hydroxylation sites is 1. The third kappa shape index (κ3) is 4.09. The van der Waals surface area contributed by atoms with Gasteiger partial charge in [-0.25, -0.2) is 14.6 Å². The van der Waals surface area contributed by atoms with Gasteiger partial charge in [-0.05, 0) is 54.3 Å². The van der Waals surface area contributed by atoms with E-state index in [1.807, 2.05) is 49.0 Å². The molecule has 0 spiro atoms. The molecule has 44 heavy (non-hydrogen) atoms. The maximum Gasteiger partial charge on any atom is 0.343 e. The first-order valence-electron chi connectivity index (χ1n) is 14.8. The van der Waals surface area contributed by atoms with Gasteiger partial charge in [0.1, 0.15) is 18.4 Å². The summed E-state index contributed by atoms with van der Waals surface area (Å²) in [7, 11) is 1.96. The molecule has 224 valence electrons. The summed E-state index contributed by atoms with van der Waals surface area (Å²) in [6.45, 7) is 3.81. The fourth-order valence-corrected chi connectivity index (χ4v) is 6.71. The van der Waals surface area contributed by atoms with Crippen molar-refractivity contribution in [3.05, 3.63) is 92.9 Å². The highest BCUT2D eigenvalue weighted by atomic mass is 16.6. The van der Waals surface area contributed by atoms with E-state index in [1.54, 1.807) is 35.8 Å². The van der Waals surface area contributed by atoms with Gasteiger partial charge in [0.2, 0.25) is 0 Å². The Morgan fingerprint density at radius 3 is 2.70 bits per heavy atom. The lowest BCUT2D eigenvalue weighted by Gasteiger charge is -2.31. The van der Waals surface area contributed by atoms with Gasteiger partial charge in [0.15, 0.2) is 5.60 Å². The van der Waals surface area contributed by atoms with Crippen LogP contribution in [0.25, 0.3) is 33.2 Å². The van der Waals surface area contributed by atoms with Crippen LogP contribution in [0.5, 0.6) is 5.75 Å². The third-order valence-electron chi connectivity index (χ3n) is 9.07. The summed E-state index contributed by atoms with van der Waals surface area (Å²) in [4.78, 5) is 44.1. The van der Waals surface area contributed by atoms with E-state index in [9.17, 15) is 19.5 Å². The van der Waals surface area contributed by atoms with Crippen molar-refractivity contribution < 1.29 is 24.2 Å². The summed E-state index contributed by atoms with van der Waals surface area (Å²) in [6, 6.07) is 14.1. The molecule has 0 unspecified atom stereocenters. The van der Waals surface area contributed by atoms with Gasteiger partial charge >= 0.3 is 11.9 Å². The number of esters is 2. The lowest BCUT2D eigenvalue weighted by molar-refractivity contribution is -0.172. The summed E-state index contributed by atoms with van der Waals surface area (Å²) in [5.41, 5.74) is 10.4. The summed E-state index contributed by atoms with van der Waals surface area (Å²) < 4.78 is 14.6. The predicted molar refractivity (Wildman–Crippen MR) is 164 cm³/mol. The minimum atomic E-state index is -1.89. The molecule has 5 aromatic rings. The van der Waals surface area contributed by atoms with Crippen molar-refractivity contribution in [3.63, 3.8) is 0 Å². The van der Waals surface area contributed by atoms with Gasteiger partial charge in [0.25, 0.3) is 5.56 Å². The summed E-state index contributed by atoms with van der Waals surface area (Å²) in [6.07, 6.45) is 3.04. The van der Waals surface area contributed by atoms with Crippen LogP contribution in [0.1, 0.15) is 48.1 Å².